The van der Waals surface area contributed by atoms with Crippen molar-refractivity contribution in [3.63, 3.8) is 0 Å². The second-order valence-electron chi connectivity index (χ2n) is 9.67. The summed E-state index contributed by atoms with van der Waals surface area (Å²) in [5.41, 5.74) is -0.819. The van der Waals surface area contributed by atoms with E-state index in [2.05, 4.69) is 0 Å². The Morgan fingerprint density at radius 2 is 1.46 bits per heavy atom. The van der Waals surface area contributed by atoms with Crippen LogP contribution in [0.15, 0.2) is 70.6 Å². The van der Waals surface area contributed by atoms with Gasteiger partial charge in [0.05, 0.1) is 16.7 Å². The summed E-state index contributed by atoms with van der Waals surface area (Å²) in [6.07, 6.45) is -0.326. The number of ether oxygens (including phenoxy) is 1. The zero-order chi connectivity index (χ0) is 28.9. The molecule has 0 unspecified atom stereocenters. The number of amidine groups is 1. The first-order chi connectivity index (χ1) is 18.1. The molecule has 3 aromatic carbocycles. The van der Waals surface area contributed by atoms with Gasteiger partial charge in [0, 0.05) is 16.1 Å². The number of carbonyl (C=O) groups is 1. The number of rotatable bonds is 6. The van der Waals surface area contributed by atoms with Crippen molar-refractivity contribution in [2.45, 2.75) is 49.8 Å². The monoisotopic (exact) mass is 627 g/mol. The van der Waals surface area contributed by atoms with Gasteiger partial charge in [-0.15, -0.1) is 0 Å². The molecule has 0 saturated heterocycles. The second kappa shape index (κ2) is 10.6. The van der Waals surface area contributed by atoms with E-state index >= 15 is 0 Å². The molecular formula is C27H25Cl4N3O4S. The summed E-state index contributed by atoms with van der Waals surface area (Å²) in [6.45, 7) is 7.26. The predicted molar refractivity (Wildman–Crippen MR) is 156 cm³/mol. The third-order valence-corrected chi connectivity index (χ3v) is 8.92. The summed E-state index contributed by atoms with van der Waals surface area (Å²) >= 11 is 25.0. The Kier molecular flexibility index (Phi) is 8.04. The standard InChI is InChI=1S/C27H25Cl4N3O4S/c1-15(2)38-22-14-21(30)23(39(32,36)37)13-20(22)24-33-26(3,16-5-9-18(28)10-6-16)27(4,34(24)25(31)35)17-7-11-19(29)12-8-17/h5-15H,1-4H3,(H2,32,36,37)/t26-,27+/m0/s1. The van der Waals surface area contributed by atoms with Gasteiger partial charge in [0.2, 0.25) is 10.0 Å². The van der Waals surface area contributed by atoms with Gasteiger partial charge < -0.3 is 4.74 Å². The molecule has 1 aliphatic rings. The molecule has 1 aliphatic heterocycles. The molecule has 7 nitrogen and oxygen atoms in total. The number of nitrogens with two attached hydrogens (primary N) is 1. The van der Waals surface area contributed by atoms with E-state index in [1.54, 1.807) is 50.2 Å². The molecule has 1 amide bonds. The second-order valence-corrected chi connectivity index (χ2v) is 12.8. The SMILES string of the molecule is CC(C)Oc1cc(Cl)c(S(N)(=O)=O)cc1C1=N[C@@](C)(c2ccc(Cl)cc2)[C@@](C)(c2ccc(Cl)cc2)N1C(=O)Cl. The number of primary sulfonamides is 1. The van der Waals surface area contributed by atoms with Crippen LogP contribution in [0.5, 0.6) is 5.75 Å². The molecule has 0 bridgehead atoms. The van der Waals surface area contributed by atoms with Gasteiger partial charge >= 0.3 is 5.37 Å². The van der Waals surface area contributed by atoms with Crippen LogP contribution < -0.4 is 9.88 Å². The molecule has 0 spiro atoms. The quantitative estimate of drug-likeness (QED) is 0.228. The van der Waals surface area contributed by atoms with Gasteiger partial charge in [0.1, 0.15) is 27.6 Å². The first-order valence-electron chi connectivity index (χ1n) is 11.7. The summed E-state index contributed by atoms with van der Waals surface area (Å²) in [5.74, 6) is 0.269. The molecule has 12 heteroatoms. The predicted octanol–water partition coefficient (Wildman–Crippen LogP) is 7.33. The molecule has 0 aromatic heterocycles. The lowest BCUT2D eigenvalue weighted by Crippen LogP contribution is -2.53. The lowest BCUT2D eigenvalue weighted by molar-refractivity contribution is 0.149. The number of sulfonamides is 1. The molecule has 2 N–H and O–H groups in total. The van der Waals surface area contributed by atoms with Crippen molar-refractivity contribution in [2.24, 2.45) is 10.1 Å². The molecule has 39 heavy (non-hydrogen) atoms. The number of aliphatic imine (C=N–C) groups is 1. The molecule has 3 aromatic rings. The number of carbonyl (C=O) groups excluding carboxylic acids is 1. The fraction of sp³-hybridized carbons (Fsp3) is 0.259. The van der Waals surface area contributed by atoms with Gasteiger partial charge in [-0.1, -0.05) is 59.1 Å². The number of nitrogens with zero attached hydrogens (tertiary/aromatic N) is 2. The topological polar surface area (TPSA) is 102 Å². The smallest absolute Gasteiger partial charge is 0.322 e. The van der Waals surface area contributed by atoms with Crippen molar-refractivity contribution in [3.05, 3.63) is 92.4 Å². The number of hydrogen-bond donors (Lipinski definition) is 1. The number of hydrogen-bond acceptors (Lipinski definition) is 5. The van der Waals surface area contributed by atoms with Crippen molar-refractivity contribution in [2.75, 3.05) is 0 Å². The number of benzene rings is 3. The van der Waals surface area contributed by atoms with E-state index in [9.17, 15) is 13.2 Å². The highest BCUT2D eigenvalue weighted by Gasteiger charge is 2.59. The van der Waals surface area contributed by atoms with E-state index in [1.165, 1.54) is 17.0 Å². The molecule has 4 rings (SSSR count). The van der Waals surface area contributed by atoms with Crippen molar-refractivity contribution in [1.82, 2.24) is 4.90 Å². The van der Waals surface area contributed by atoms with Crippen LogP contribution in [0.25, 0.3) is 0 Å². The molecule has 0 radical (unpaired) electrons. The fourth-order valence-electron chi connectivity index (χ4n) is 4.82. The maximum Gasteiger partial charge on any atom is 0.322 e. The Bertz CT molecular complexity index is 1580. The molecule has 2 atom stereocenters. The highest BCUT2D eigenvalue weighted by molar-refractivity contribution is 7.89. The summed E-state index contributed by atoms with van der Waals surface area (Å²) < 4.78 is 30.8. The van der Waals surface area contributed by atoms with E-state index < -0.39 is 26.5 Å². The van der Waals surface area contributed by atoms with Gasteiger partial charge in [0.25, 0.3) is 0 Å². The third kappa shape index (κ3) is 5.26. The van der Waals surface area contributed by atoms with E-state index in [0.29, 0.717) is 21.2 Å². The third-order valence-electron chi connectivity index (χ3n) is 6.87. The van der Waals surface area contributed by atoms with Crippen LogP contribution in [-0.4, -0.2) is 30.6 Å². The van der Waals surface area contributed by atoms with Gasteiger partial charge in [-0.05, 0) is 80.8 Å². The molecule has 0 aliphatic carbocycles. The van der Waals surface area contributed by atoms with Crippen LogP contribution >= 0.6 is 46.4 Å². The minimum atomic E-state index is -4.25. The van der Waals surface area contributed by atoms with Crippen LogP contribution in [0.1, 0.15) is 44.4 Å². The van der Waals surface area contributed by atoms with E-state index in [-0.39, 0.29) is 33.2 Å². The largest absolute Gasteiger partial charge is 0.490 e. The number of amides is 1. The maximum absolute atomic E-state index is 13.3. The van der Waals surface area contributed by atoms with Gasteiger partial charge in [-0.2, -0.15) is 0 Å². The van der Waals surface area contributed by atoms with Gasteiger partial charge in [0.15, 0.2) is 0 Å². The highest BCUT2D eigenvalue weighted by atomic mass is 35.5. The van der Waals surface area contributed by atoms with Crippen molar-refractivity contribution in [1.29, 1.82) is 0 Å². The van der Waals surface area contributed by atoms with Crippen molar-refractivity contribution in [3.8, 4) is 5.75 Å². The molecular weight excluding hydrogens is 604 g/mol. The van der Waals surface area contributed by atoms with Crippen LogP contribution in [0.3, 0.4) is 0 Å². The fourth-order valence-corrected chi connectivity index (χ4v) is 6.41. The first-order valence-corrected chi connectivity index (χ1v) is 14.8. The average Bonchev–Trinajstić information content (AvgIpc) is 3.07. The summed E-state index contributed by atoms with van der Waals surface area (Å²) in [6, 6.07) is 16.6. The van der Waals surface area contributed by atoms with E-state index in [0.717, 1.165) is 0 Å². The van der Waals surface area contributed by atoms with Crippen LogP contribution in [-0.2, 0) is 21.1 Å². The Morgan fingerprint density at radius 1 is 0.949 bits per heavy atom. The minimum Gasteiger partial charge on any atom is -0.490 e. The zero-order valence-electron chi connectivity index (χ0n) is 21.4. The Labute approximate surface area is 247 Å². The number of halogens is 4. The minimum absolute atomic E-state index is 0.0714. The van der Waals surface area contributed by atoms with E-state index in [1.807, 2.05) is 26.0 Å². The lowest BCUT2D eigenvalue weighted by Gasteiger charge is -2.44. The first kappa shape index (κ1) is 29.6. The molecule has 1 heterocycles. The van der Waals surface area contributed by atoms with Crippen molar-refractivity contribution >= 4 is 67.6 Å². The van der Waals surface area contributed by atoms with Gasteiger partial charge in [-0.25, -0.2) is 13.6 Å². The summed E-state index contributed by atoms with van der Waals surface area (Å²) in [4.78, 5) is 19.3. The molecule has 0 saturated carbocycles. The highest BCUT2D eigenvalue weighted by Crippen LogP contribution is 2.54. The Balaban J connectivity index is 2.12. The summed E-state index contributed by atoms with van der Waals surface area (Å²) in [5, 5.41) is 5.49. The van der Waals surface area contributed by atoms with E-state index in [4.69, 9.17) is 61.3 Å². The normalized spacial score (nSPS) is 21.3. The maximum atomic E-state index is 13.3. The van der Waals surface area contributed by atoms with Crippen LogP contribution in [0, 0.1) is 0 Å². The van der Waals surface area contributed by atoms with Crippen molar-refractivity contribution < 1.29 is 17.9 Å². The Morgan fingerprint density at radius 3 is 1.92 bits per heavy atom. The summed E-state index contributed by atoms with van der Waals surface area (Å²) in [7, 11) is -4.25. The van der Waals surface area contributed by atoms with Crippen LogP contribution in [0.2, 0.25) is 15.1 Å². The molecule has 0 fully saturated rings. The van der Waals surface area contributed by atoms with Crippen LogP contribution in [0.4, 0.5) is 4.79 Å². The molecule has 206 valence electrons. The zero-order valence-corrected chi connectivity index (χ0v) is 25.2. The Hall–Kier alpha value is -2.33. The average molecular weight is 629 g/mol. The lowest BCUT2D eigenvalue weighted by atomic mass is 9.71. The van der Waals surface area contributed by atoms with Gasteiger partial charge in [-0.3, -0.25) is 14.7 Å².